The van der Waals surface area contributed by atoms with Crippen LogP contribution < -0.4 is 10.6 Å². The van der Waals surface area contributed by atoms with Crippen LogP contribution in [0.5, 0.6) is 5.75 Å². The lowest BCUT2D eigenvalue weighted by molar-refractivity contribution is -0.119. The summed E-state index contributed by atoms with van der Waals surface area (Å²) in [4.78, 5) is 13.6. The van der Waals surface area contributed by atoms with Crippen molar-refractivity contribution in [3.8, 4) is 5.75 Å². The first kappa shape index (κ1) is 15.0. The van der Waals surface area contributed by atoms with Gasteiger partial charge in [-0.2, -0.15) is 0 Å². The van der Waals surface area contributed by atoms with Crippen molar-refractivity contribution in [1.82, 2.24) is 0 Å². The van der Waals surface area contributed by atoms with Gasteiger partial charge >= 0.3 is 0 Å². The SMILES string of the molecule is CN(C(=O)C(N)Cc1ccc(O)cc1)c1cccc(F)c1. The van der Waals surface area contributed by atoms with Crippen LogP contribution in [0.15, 0.2) is 48.5 Å². The highest BCUT2D eigenvalue weighted by Gasteiger charge is 2.19. The molecule has 2 aromatic rings. The summed E-state index contributed by atoms with van der Waals surface area (Å²) in [6.07, 6.45) is 0.346. The van der Waals surface area contributed by atoms with E-state index in [-0.39, 0.29) is 11.7 Å². The number of nitrogens with two attached hydrogens (primary N) is 1. The zero-order chi connectivity index (χ0) is 15.4. The number of hydrogen-bond donors (Lipinski definition) is 2. The fourth-order valence-electron chi connectivity index (χ4n) is 2.03. The van der Waals surface area contributed by atoms with Crippen LogP contribution >= 0.6 is 0 Å². The van der Waals surface area contributed by atoms with Gasteiger partial charge in [-0.05, 0) is 42.3 Å². The molecule has 1 atom stereocenters. The number of likely N-dealkylation sites (N-methyl/N-ethyl adjacent to an activating group) is 1. The van der Waals surface area contributed by atoms with Gasteiger partial charge in [0, 0.05) is 12.7 Å². The molecule has 2 aromatic carbocycles. The predicted molar refractivity (Wildman–Crippen MR) is 79.6 cm³/mol. The van der Waals surface area contributed by atoms with Gasteiger partial charge in [0.05, 0.1) is 6.04 Å². The van der Waals surface area contributed by atoms with Gasteiger partial charge in [0.15, 0.2) is 0 Å². The Morgan fingerprint density at radius 2 is 1.95 bits per heavy atom. The molecule has 110 valence electrons. The first-order valence-electron chi connectivity index (χ1n) is 6.54. The third-order valence-corrected chi connectivity index (χ3v) is 3.24. The minimum absolute atomic E-state index is 0.163. The van der Waals surface area contributed by atoms with Crippen LogP contribution in [0.2, 0.25) is 0 Å². The van der Waals surface area contributed by atoms with Gasteiger partial charge < -0.3 is 15.7 Å². The predicted octanol–water partition coefficient (Wildman–Crippen LogP) is 2.06. The minimum atomic E-state index is -0.734. The van der Waals surface area contributed by atoms with Gasteiger partial charge in [0.1, 0.15) is 11.6 Å². The van der Waals surface area contributed by atoms with E-state index < -0.39 is 11.9 Å². The molecule has 2 rings (SSSR count). The van der Waals surface area contributed by atoms with Crippen molar-refractivity contribution in [2.45, 2.75) is 12.5 Å². The molecule has 0 aliphatic heterocycles. The van der Waals surface area contributed by atoms with Crippen LogP contribution in [0.3, 0.4) is 0 Å². The number of carbonyl (C=O) groups excluding carboxylic acids is 1. The van der Waals surface area contributed by atoms with Crippen LogP contribution in [0.1, 0.15) is 5.56 Å². The first-order valence-corrected chi connectivity index (χ1v) is 6.54. The molecule has 0 aliphatic carbocycles. The maximum Gasteiger partial charge on any atom is 0.243 e. The summed E-state index contributed by atoms with van der Waals surface area (Å²) in [6, 6.07) is 11.6. The average Bonchev–Trinajstić information content (AvgIpc) is 2.48. The average molecular weight is 288 g/mol. The molecule has 0 aromatic heterocycles. The lowest BCUT2D eigenvalue weighted by Crippen LogP contribution is -2.43. The second-order valence-corrected chi connectivity index (χ2v) is 4.85. The van der Waals surface area contributed by atoms with E-state index in [4.69, 9.17) is 5.73 Å². The summed E-state index contributed by atoms with van der Waals surface area (Å²) in [5.74, 6) is -0.538. The first-order chi connectivity index (χ1) is 9.97. The molecular formula is C16H17FN2O2. The van der Waals surface area contributed by atoms with Gasteiger partial charge in [0.2, 0.25) is 5.91 Å². The number of rotatable bonds is 4. The number of benzene rings is 2. The van der Waals surface area contributed by atoms with Gasteiger partial charge in [0.25, 0.3) is 0 Å². The van der Waals surface area contributed by atoms with E-state index in [0.717, 1.165) is 5.56 Å². The second kappa shape index (κ2) is 6.37. The third-order valence-electron chi connectivity index (χ3n) is 3.24. The van der Waals surface area contributed by atoms with Crippen molar-refractivity contribution in [3.63, 3.8) is 0 Å². The van der Waals surface area contributed by atoms with E-state index in [2.05, 4.69) is 0 Å². The van der Waals surface area contributed by atoms with E-state index in [1.165, 1.54) is 17.0 Å². The topological polar surface area (TPSA) is 66.6 Å². The Hall–Kier alpha value is -2.40. The van der Waals surface area contributed by atoms with Crippen molar-refractivity contribution >= 4 is 11.6 Å². The number of anilines is 1. The Morgan fingerprint density at radius 1 is 1.29 bits per heavy atom. The van der Waals surface area contributed by atoms with Crippen LogP contribution in [-0.4, -0.2) is 24.1 Å². The van der Waals surface area contributed by atoms with Crippen LogP contribution in [0.4, 0.5) is 10.1 Å². The summed E-state index contributed by atoms with van der Waals surface area (Å²) in [7, 11) is 1.56. The summed E-state index contributed by atoms with van der Waals surface area (Å²) in [5.41, 5.74) is 7.22. The number of halogens is 1. The van der Waals surface area contributed by atoms with Crippen molar-refractivity contribution in [3.05, 3.63) is 59.9 Å². The zero-order valence-corrected chi connectivity index (χ0v) is 11.7. The van der Waals surface area contributed by atoms with Crippen molar-refractivity contribution in [2.24, 2.45) is 5.73 Å². The summed E-state index contributed by atoms with van der Waals surface area (Å²) in [6.45, 7) is 0. The Labute approximate surface area is 122 Å². The smallest absolute Gasteiger partial charge is 0.243 e. The van der Waals surface area contributed by atoms with Crippen LogP contribution in [0.25, 0.3) is 0 Å². The van der Waals surface area contributed by atoms with Crippen molar-refractivity contribution in [2.75, 3.05) is 11.9 Å². The lowest BCUT2D eigenvalue weighted by Gasteiger charge is -2.21. The van der Waals surface area contributed by atoms with Gasteiger partial charge in [-0.1, -0.05) is 18.2 Å². The monoisotopic (exact) mass is 288 g/mol. The molecule has 4 nitrogen and oxygen atoms in total. The fraction of sp³-hybridized carbons (Fsp3) is 0.188. The summed E-state index contributed by atoms with van der Waals surface area (Å²) < 4.78 is 13.2. The third kappa shape index (κ3) is 3.79. The molecule has 0 fully saturated rings. The molecule has 0 saturated heterocycles. The highest BCUT2D eigenvalue weighted by Crippen LogP contribution is 2.16. The highest BCUT2D eigenvalue weighted by molar-refractivity contribution is 5.96. The molecule has 1 amide bonds. The van der Waals surface area contributed by atoms with Crippen LogP contribution in [-0.2, 0) is 11.2 Å². The van der Waals surface area contributed by atoms with Crippen molar-refractivity contribution in [1.29, 1.82) is 0 Å². The maximum absolute atomic E-state index is 13.2. The Kier molecular flexibility index (Phi) is 4.55. The van der Waals surface area contributed by atoms with E-state index in [1.807, 2.05) is 0 Å². The molecule has 5 heteroatoms. The number of amides is 1. The Balaban J connectivity index is 2.06. The zero-order valence-electron chi connectivity index (χ0n) is 11.7. The van der Waals surface area contributed by atoms with Crippen LogP contribution in [0, 0.1) is 5.82 Å². The number of phenols is 1. The standard InChI is InChI=1S/C16H17FN2O2/c1-19(13-4-2-3-12(17)10-13)16(21)15(18)9-11-5-7-14(20)8-6-11/h2-8,10,15,20H,9,18H2,1H3. The van der Waals surface area contributed by atoms with E-state index in [1.54, 1.807) is 43.4 Å². The van der Waals surface area contributed by atoms with Gasteiger partial charge in [-0.25, -0.2) is 4.39 Å². The molecule has 0 radical (unpaired) electrons. The quantitative estimate of drug-likeness (QED) is 0.905. The molecule has 3 N–H and O–H groups in total. The van der Waals surface area contributed by atoms with E-state index in [9.17, 15) is 14.3 Å². The maximum atomic E-state index is 13.2. The molecule has 1 unspecified atom stereocenters. The Bertz CT molecular complexity index is 628. The number of hydrogen-bond acceptors (Lipinski definition) is 3. The normalized spacial score (nSPS) is 12.0. The second-order valence-electron chi connectivity index (χ2n) is 4.85. The molecule has 0 saturated carbocycles. The van der Waals surface area contributed by atoms with E-state index >= 15 is 0 Å². The van der Waals surface area contributed by atoms with Gasteiger partial charge in [-0.3, -0.25) is 4.79 Å². The molecule has 0 aliphatic rings. The number of phenolic OH excluding ortho intramolecular Hbond substituents is 1. The highest BCUT2D eigenvalue weighted by atomic mass is 19.1. The number of carbonyl (C=O) groups is 1. The molecule has 0 heterocycles. The van der Waals surface area contributed by atoms with E-state index in [0.29, 0.717) is 12.1 Å². The molecular weight excluding hydrogens is 271 g/mol. The van der Waals surface area contributed by atoms with Gasteiger partial charge in [-0.15, -0.1) is 0 Å². The number of nitrogens with zero attached hydrogens (tertiary/aromatic N) is 1. The molecule has 0 bridgehead atoms. The summed E-state index contributed by atoms with van der Waals surface area (Å²) in [5, 5.41) is 9.22. The molecule has 0 spiro atoms. The lowest BCUT2D eigenvalue weighted by atomic mass is 10.1. The summed E-state index contributed by atoms with van der Waals surface area (Å²) >= 11 is 0. The Morgan fingerprint density at radius 3 is 2.57 bits per heavy atom. The van der Waals surface area contributed by atoms with Crippen molar-refractivity contribution < 1.29 is 14.3 Å². The largest absolute Gasteiger partial charge is 0.508 e. The molecule has 21 heavy (non-hydrogen) atoms. The fourth-order valence-corrected chi connectivity index (χ4v) is 2.03. The minimum Gasteiger partial charge on any atom is -0.508 e. The number of aromatic hydroxyl groups is 1.